The second-order valence-electron chi connectivity index (χ2n) is 5.41. The molecule has 0 amide bonds. The molecule has 0 spiro atoms. The average molecular weight is 248 g/mol. The Kier molecular flexibility index (Phi) is 4.69. The number of pyridine rings is 1. The highest BCUT2D eigenvalue weighted by Gasteiger charge is 2.23. The van der Waals surface area contributed by atoms with Crippen LogP contribution in [-0.4, -0.2) is 61.6 Å². The van der Waals surface area contributed by atoms with E-state index in [2.05, 4.69) is 47.3 Å². The van der Waals surface area contributed by atoms with Crippen LogP contribution in [-0.2, 0) is 0 Å². The Balaban J connectivity index is 2.03. The summed E-state index contributed by atoms with van der Waals surface area (Å²) in [4.78, 5) is 8.92. The number of aromatic nitrogens is 1. The second kappa shape index (κ2) is 6.27. The van der Waals surface area contributed by atoms with Gasteiger partial charge in [-0.25, -0.2) is 0 Å². The van der Waals surface area contributed by atoms with E-state index >= 15 is 0 Å². The molecule has 2 atom stereocenters. The third-order valence-corrected chi connectivity index (χ3v) is 3.66. The quantitative estimate of drug-likeness (QED) is 0.860. The summed E-state index contributed by atoms with van der Waals surface area (Å²) < 4.78 is 0. The lowest BCUT2D eigenvalue weighted by atomic mass is 9.98. The lowest BCUT2D eigenvalue weighted by molar-refractivity contribution is 0.190. The van der Waals surface area contributed by atoms with Gasteiger partial charge in [-0.15, -0.1) is 0 Å². The minimum Gasteiger partial charge on any atom is -0.311 e. The van der Waals surface area contributed by atoms with Gasteiger partial charge in [0, 0.05) is 44.1 Å². The molecule has 0 saturated carbocycles. The summed E-state index contributed by atoms with van der Waals surface area (Å²) in [5.41, 5.74) is 1.30. The van der Waals surface area contributed by atoms with Crippen molar-refractivity contribution in [2.75, 3.05) is 40.8 Å². The zero-order chi connectivity index (χ0) is 13.0. The first-order valence-electron chi connectivity index (χ1n) is 6.65. The highest BCUT2D eigenvalue weighted by molar-refractivity contribution is 5.14. The fourth-order valence-corrected chi connectivity index (χ4v) is 2.64. The van der Waals surface area contributed by atoms with Gasteiger partial charge >= 0.3 is 0 Å². The van der Waals surface area contributed by atoms with Crippen molar-refractivity contribution in [2.24, 2.45) is 0 Å². The van der Waals surface area contributed by atoms with Crippen molar-refractivity contribution in [1.29, 1.82) is 0 Å². The van der Waals surface area contributed by atoms with Crippen molar-refractivity contribution in [1.82, 2.24) is 20.1 Å². The number of hydrogen-bond acceptors (Lipinski definition) is 4. The van der Waals surface area contributed by atoms with Crippen LogP contribution in [0.15, 0.2) is 24.5 Å². The zero-order valence-corrected chi connectivity index (χ0v) is 11.6. The van der Waals surface area contributed by atoms with Crippen LogP contribution in [0.4, 0.5) is 0 Å². The lowest BCUT2D eigenvalue weighted by Crippen LogP contribution is -2.50. The van der Waals surface area contributed by atoms with Gasteiger partial charge in [-0.3, -0.25) is 4.98 Å². The topological polar surface area (TPSA) is 31.4 Å². The molecule has 18 heavy (non-hydrogen) atoms. The van der Waals surface area contributed by atoms with E-state index in [0.29, 0.717) is 12.1 Å². The van der Waals surface area contributed by atoms with Crippen molar-refractivity contribution < 1.29 is 0 Å². The van der Waals surface area contributed by atoms with Gasteiger partial charge in [-0.1, -0.05) is 6.07 Å². The Hall–Kier alpha value is -0.970. The summed E-state index contributed by atoms with van der Waals surface area (Å²) in [5, 5.41) is 3.62. The Labute approximate surface area is 110 Å². The van der Waals surface area contributed by atoms with E-state index in [-0.39, 0.29) is 0 Å². The van der Waals surface area contributed by atoms with E-state index in [0.717, 1.165) is 26.1 Å². The van der Waals surface area contributed by atoms with Crippen LogP contribution in [0, 0.1) is 0 Å². The van der Waals surface area contributed by atoms with Crippen LogP contribution >= 0.6 is 0 Å². The molecule has 1 N–H and O–H groups in total. The van der Waals surface area contributed by atoms with Crippen molar-refractivity contribution >= 4 is 0 Å². The monoisotopic (exact) mass is 248 g/mol. The molecule has 1 aliphatic heterocycles. The molecule has 4 heteroatoms. The van der Waals surface area contributed by atoms with E-state index in [1.165, 1.54) is 5.56 Å². The molecule has 0 bridgehead atoms. The van der Waals surface area contributed by atoms with E-state index < -0.39 is 0 Å². The number of piperazine rings is 1. The van der Waals surface area contributed by atoms with Crippen molar-refractivity contribution in [3.63, 3.8) is 0 Å². The summed E-state index contributed by atoms with van der Waals surface area (Å²) in [6.45, 7) is 3.37. The predicted octanol–water partition coefficient (Wildman–Crippen LogP) is 0.978. The van der Waals surface area contributed by atoms with Gasteiger partial charge in [0.25, 0.3) is 0 Å². The smallest absolute Gasteiger partial charge is 0.0372 e. The first-order chi connectivity index (χ1) is 8.66. The summed E-state index contributed by atoms with van der Waals surface area (Å²) in [5.74, 6) is 0. The molecule has 0 aliphatic carbocycles. The summed E-state index contributed by atoms with van der Waals surface area (Å²) in [6, 6.07) is 5.19. The summed E-state index contributed by atoms with van der Waals surface area (Å²) in [7, 11) is 6.48. The minimum atomic E-state index is 0.433. The standard InChI is InChI=1S/C14H24N4/c1-17(2)14(12-5-4-6-15-10-12)9-13-11-18(3)8-7-16-13/h4-6,10,13-14,16H,7-9,11H2,1-3H3. The molecular formula is C14H24N4. The van der Waals surface area contributed by atoms with Crippen LogP contribution in [0.1, 0.15) is 18.0 Å². The second-order valence-corrected chi connectivity index (χ2v) is 5.41. The molecule has 1 saturated heterocycles. The molecule has 100 valence electrons. The highest BCUT2D eigenvalue weighted by Crippen LogP contribution is 2.23. The molecule has 2 heterocycles. The first-order valence-corrected chi connectivity index (χ1v) is 6.65. The largest absolute Gasteiger partial charge is 0.311 e. The number of nitrogens with one attached hydrogen (secondary N) is 1. The van der Waals surface area contributed by atoms with Crippen LogP contribution < -0.4 is 5.32 Å². The maximum Gasteiger partial charge on any atom is 0.0372 e. The molecule has 4 nitrogen and oxygen atoms in total. The maximum atomic E-state index is 4.24. The van der Waals surface area contributed by atoms with Gasteiger partial charge in [-0.05, 0) is 39.2 Å². The summed E-state index contributed by atoms with van der Waals surface area (Å²) >= 11 is 0. The molecule has 2 rings (SSSR count). The number of likely N-dealkylation sites (N-methyl/N-ethyl adjacent to an activating group) is 1. The van der Waals surface area contributed by atoms with Crippen LogP contribution in [0.3, 0.4) is 0 Å². The highest BCUT2D eigenvalue weighted by atomic mass is 15.2. The molecule has 1 aromatic rings. The zero-order valence-electron chi connectivity index (χ0n) is 11.6. The van der Waals surface area contributed by atoms with Crippen LogP contribution in [0.2, 0.25) is 0 Å². The van der Waals surface area contributed by atoms with E-state index in [4.69, 9.17) is 0 Å². The fourth-order valence-electron chi connectivity index (χ4n) is 2.64. The molecule has 1 aromatic heterocycles. The van der Waals surface area contributed by atoms with Gasteiger partial charge in [0.15, 0.2) is 0 Å². The van der Waals surface area contributed by atoms with Crippen molar-refractivity contribution in [3.05, 3.63) is 30.1 Å². The van der Waals surface area contributed by atoms with Gasteiger partial charge in [0.2, 0.25) is 0 Å². The van der Waals surface area contributed by atoms with Gasteiger partial charge < -0.3 is 15.1 Å². The molecule has 2 unspecified atom stereocenters. The Morgan fingerprint density at radius 2 is 2.39 bits per heavy atom. The normalized spacial score (nSPS) is 23.2. The maximum absolute atomic E-state index is 4.24. The summed E-state index contributed by atoms with van der Waals surface area (Å²) in [6.07, 6.45) is 4.95. The van der Waals surface area contributed by atoms with Crippen molar-refractivity contribution in [3.8, 4) is 0 Å². The minimum absolute atomic E-state index is 0.433. The van der Waals surface area contributed by atoms with E-state index in [1.807, 2.05) is 18.5 Å². The van der Waals surface area contributed by atoms with Crippen LogP contribution in [0.5, 0.6) is 0 Å². The van der Waals surface area contributed by atoms with Gasteiger partial charge in [0.05, 0.1) is 0 Å². The van der Waals surface area contributed by atoms with E-state index in [1.54, 1.807) is 0 Å². The Morgan fingerprint density at radius 3 is 3.00 bits per heavy atom. The van der Waals surface area contributed by atoms with E-state index in [9.17, 15) is 0 Å². The van der Waals surface area contributed by atoms with Crippen molar-refractivity contribution in [2.45, 2.75) is 18.5 Å². The van der Waals surface area contributed by atoms with Gasteiger partial charge in [0.1, 0.15) is 0 Å². The third kappa shape index (κ3) is 3.51. The SMILES string of the molecule is CN1CCNC(CC(c2cccnc2)N(C)C)C1. The van der Waals surface area contributed by atoms with Crippen LogP contribution in [0.25, 0.3) is 0 Å². The third-order valence-electron chi connectivity index (χ3n) is 3.66. The Morgan fingerprint density at radius 1 is 1.56 bits per heavy atom. The number of hydrogen-bond donors (Lipinski definition) is 1. The number of rotatable bonds is 4. The lowest BCUT2D eigenvalue weighted by Gasteiger charge is -2.35. The first kappa shape index (κ1) is 13.5. The predicted molar refractivity (Wildman–Crippen MR) is 74.6 cm³/mol. The molecule has 1 aliphatic rings. The molecule has 1 fully saturated rings. The Bertz CT molecular complexity index is 352. The molecule has 0 aromatic carbocycles. The fraction of sp³-hybridized carbons (Fsp3) is 0.643. The molecule has 0 radical (unpaired) electrons. The van der Waals surface area contributed by atoms with Gasteiger partial charge in [-0.2, -0.15) is 0 Å². The number of nitrogens with zero attached hydrogens (tertiary/aromatic N) is 3. The average Bonchev–Trinajstić information content (AvgIpc) is 2.37. The molecular weight excluding hydrogens is 224 g/mol.